The van der Waals surface area contributed by atoms with Crippen molar-refractivity contribution in [2.45, 2.75) is 26.0 Å². The maximum absolute atomic E-state index is 13.1. The first-order valence-electron chi connectivity index (χ1n) is 9.33. The Morgan fingerprint density at radius 2 is 1.64 bits per heavy atom. The summed E-state index contributed by atoms with van der Waals surface area (Å²) in [7, 11) is 0. The SMILES string of the molecule is Cc1ccccc1[C@H]1CC(=O)c2ccccc2N1C(=O)OCc1ccccc1. The highest BCUT2D eigenvalue weighted by Crippen LogP contribution is 2.39. The standard InChI is InChI=1S/C24H21NO3/c1-17-9-5-6-12-19(17)22-15-23(26)20-13-7-8-14-21(20)25(22)24(27)28-16-18-10-3-2-4-11-18/h2-14,22H,15-16H2,1H3/t22-/m1/s1. The van der Waals surface area contributed by atoms with Gasteiger partial charge in [0.2, 0.25) is 0 Å². The van der Waals surface area contributed by atoms with Gasteiger partial charge in [-0.05, 0) is 35.7 Å². The first-order chi connectivity index (χ1) is 13.6. The summed E-state index contributed by atoms with van der Waals surface area (Å²) in [6.45, 7) is 2.18. The van der Waals surface area contributed by atoms with Crippen molar-refractivity contribution >= 4 is 17.6 Å². The number of amides is 1. The number of anilines is 1. The summed E-state index contributed by atoms with van der Waals surface area (Å²) >= 11 is 0. The molecule has 1 aliphatic rings. The lowest BCUT2D eigenvalue weighted by atomic mass is 9.89. The van der Waals surface area contributed by atoms with Crippen LogP contribution in [0.15, 0.2) is 78.9 Å². The zero-order valence-corrected chi connectivity index (χ0v) is 15.7. The fraction of sp³-hybridized carbons (Fsp3) is 0.167. The second kappa shape index (κ2) is 7.69. The van der Waals surface area contributed by atoms with Crippen LogP contribution in [0.25, 0.3) is 0 Å². The largest absolute Gasteiger partial charge is 0.444 e. The molecule has 0 N–H and O–H groups in total. The van der Waals surface area contributed by atoms with Gasteiger partial charge in [0, 0.05) is 12.0 Å². The van der Waals surface area contributed by atoms with E-state index in [9.17, 15) is 9.59 Å². The molecule has 0 aromatic heterocycles. The lowest BCUT2D eigenvalue weighted by Gasteiger charge is -2.36. The number of aryl methyl sites for hydroxylation is 1. The van der Waals surface area contributed by atoms with Crippen molar-refractivity contribution in [1.29, 1.82) is 0 Å². The molecular formula is C24H21NO3. The van der Waals surface area contributed by atoms with E-state index in [0.29, 0.717) is 11.3 Å². The van der Waals surface area contributed by atoms with Crippen LogP contribution in [0.2, 0.25) is 0 Å². The number of fused-ring (bicyclic) bond motifs is 1. The van der Waals surface area contributed by atoms with E-state index in [1.165, 1.54) is 0 Å². The van der Waals surface area contributed by atoms with Gasteiger partial charge in [-0.15, -0.1) is 0 Å². The van der Waals surface area contributed by atoms with Crippen molar-refractivity contribution in [2.24, 2.45) is 0 Å². The lowest BCUT2D eigenvalue weighted by molar-refractivity contribution is 0.0961. The van der Waals surface area contributed by atoms with Crippen molar-refractivity contribution in [1.82, 2.24) is 0 Å². The van der Waals surface area contributed by atoms with E-state index in [1.54, 1.807) is 17.0 Å². The monoisotopic (exact) mass is 371 g/mol. The molecule has 1 atom stereocenters. The van der Waals surface area contributed by atoms with Gasteiger partial charge < -0.3 is 4.74 Å². The minimum atomic E-state index is -0.447. The van der Waals surface area contributed by atoms with Gasteiger partial charge in [0.1, 0.15) is 6.61 Å². The number of carbonyl (C=O) groups is 2. The van der Waals surface area contributed by atoms with Crippen LogP contribution >= 0.6 is 0 Å². The summed E-state index contributed by atoms with van der Waals surface area (Å²) in [4.78, 5) is 27.5. The zero-order chi connectivity index (χ0) is 19.5. The topological polar surface area (TPSA) is 46.6 Å². The Morgan fingerprint density at radius 1 is 0.964 bits per heavy atom. The lowest BCUT2D eigenvalue weighted by Crippen LogP contribution is -2.40. The molecule has 0 radical (unpaired) electrons. The van der Waals surface area contributed by atoms with Crippen LogP contribution in [-0.4, -0.2) is 11.9 Å². The number of hydrogen-bond donors (Lipinski definition) is 0. The van der Waals surface area contributed by atoms with Crippen LogP contribution in [0, 0.1) is 6.92 Å². The van der Waals surface area contributed by atoms with Gasteiger partial charge in [-0.2, -0.15) is 0 Å². The fourth-order valence-electron chi connectivity index (χ4n) is 3.69. The van der Waals surface area contributed by atoms with E-state index in [1.807, 2.05) is 73.7 Å². The summed E-state index contributed by atoms with van der Waals surface area (Å²) in [6.07, 6.45) is -0.209. The van der Waals surface area contributed by atoms with E-state index in [0.717, 1.165) is 16.7 Å². The van der Waals surface area contributed by atoms with Crippen LogP contribution < -0.4 is 4.90 Å². The molecule has 4 nitrogen and oxygen atoms in total. The molecule has 1 amide bonds. The highest BCUT2D eigenvalue weighted by atomic mass is 16.6. The quantitative estimate of drug-likeness (QED) is 0.614. The summed E-state index contributed by atoms with van der Waals surface area (Å²) in [6, 6.07) is 24.3. The smallest absolute Gasteiger partial charge is 0.415 e. The van der Waals surface area contributed by atoms with Crippen LogP contribution in [0.5, 0.6) is 0 Å². The third-order valence-electron chi connectivity index (χ3n) is 5.10. The Bertz CT molecular complexity index is 1010. The molecule has 0 spiro atoms. The molecule has 28 heavy (non-hydrogen) atoms. The molecule has 0 unspecified atom stereocenters. The maximum Gasteiger partial charge on any atom is 0.415 e. The molecule has 1 heterocycles. The Hall–Kier alpha value is -3.40. The van der Waals surface area contributed by atoms with Crippen LogP contribution in [0.4, 0.5) is 10.5 Å². The maximum atomic E-state index is 13.1. The molecule has 3 aromatic rings. The normalized spacial score (nSPS) is 15.8. The molecule has 3 aromatic carbocycles. The molecule has 4 heteroatoms. The van der Waals surface area contributed by atoms with Crippen LogP contribution in [0.1, 0.15) is 39.5 Å². The Morgan fingerprint density at radius 3 is 2.43 bits per heavy atom. The summed E-state index contributed by atoms with van der Waals surface area (Å²) in [5, 5.41) is 0. The first-order valence-corrected chi connectivity index (χ1v) is 9.33. The van der Waals surface area contributed by atoms with Gasteiger partial charge in [-0.1, -0.05) is 66.7 Å². The number of para-hydroxylation sites is 1. The predicted molar refractivity (Wildman–Crippen MR) is 108 cm³/mol. The molecular weight excluding hydrogens is 350 g/mol. The van der Waals surface area contributed by atoms with Gasteiger partial charge in [0.15, 0.2) is 5.78 Å². The highest BCUT2D eigenvalue weighted by Gasteiger charge is 2.37. The van der Waals surface area contributed by atoms with Crippen molar-refractivity contribution in [3.63, 3.8) is 0 Å². The third-order valence-corrected chi connectivity index (χ3v) is 5.10. The highest BCUT2D eigenvalue weighted by molar-refractivity contribution is 6.08. The molecule has 140 valence electrons. The number of nitrogens with zero attached hydrogens (tertiary/aromatic N) is 1. The van der Waals surface area contributed by atoms with Gasteiger partial charge in [-0.25, -0.2) is 4.79 Å². The Kier molecular flexibility index (Phi) is 4.94. The molecule has 0 fully saturated rings. The molecule has 1 aliphatic heterocycles. The zero-order valence-electron chi connectivity index (χ0n) is 15.7. The number of carbonyl (C=O) groups excluding carboxylic acids is 2. The molecule has 0 saturated heterocycles. The van der Waals surface area contributed by atoms with Crippen molar-refractivity contribution < 1.29 is 14.3 Å². The van der Waals surface area contributed by atoms with Gasteiger partial charge in [0.05, 0.1) is 11.7 Å². The number of hydrogen-bond acceptors (Lipinski definition) is 3. The van der Waals surface area contributed by atoms with E-state index in [2.05, 4.69) is 0 Å². The summed E-state index contributed by atoms with van der Waals surface area (Å²) < 4.78 is 5.63. The second-order valence-corrected chi connectivity index (χ2v) is 6.93. The van der Waals surface area contributed by atoms with E-state index >= 15 is 0 Å². The molecule has 0 bridgehead atoms. The van der Waals surface area contributed by atoms with Crippen molar-refractivity contribution in [3.8, 4) is 0 Å². The minimum Gasteiger partial charge on any atom is -0.444 e. The van der Waals surface area contributed by atoms with Crippen molar-refractivity contribution in [3.05, 3.63) is 101 Å². The van der Waals surface area contributed by atoms with E-state index in [-0.39, 0.29) is 24.9 Å². The third kappa shape index (κ3) is 3.41. The minimum absolute atomic E-state index is 0.0379. The first kappa shape index (κ1) is 18.0. The average Bonchev–Trinajstić information content (AvgIpc) is 2.73. The predicted octanol–water partition coefficient (Wildman–Crippen LogP) is 5.47. The average molecular weight is 371 g/mol. The second-order valence-electron chi connectivity index (χ2n) is 6.93. The molecule has 4 rings (SSSR count). The molecule has 0 saturated carbocycles. The number of Topliss-reactive ketones (excluding diaryl/α,β-unsaturated/α-hetero) is 1. The fourth-order valence-corrected chi connectivity index (χ4v) is 3.69. The number of ketones is 1. The number of benzene rings is 3. The van der Waals surface area contributed by atoms with E-state index < -0.39 is 6.09 Å². The number of rotatable bonds is 3. The number of ether oxygens (including phenoxy) is 1. The summed E-state index contributed by atoms with van der Waals surface area (Å²) in [5.41, 5.74) is 4.08. The van der Waals surface area contributed by atoms with Crippen LogP contribution in [0.3, 0.4) is 0 Å². The van der Waals surface area contributed by atoms with Crippen LogP contribution in [-0.2, 0) is 11.3 Å². The van der Waals surface area contributed by atoms with Gasteiger partial charge in [0.25, 0.3) is 0 Å². The summed E-state index contributed by atoms with van der Waals surface area (Å²) in [5.74, 6) is 0.0379. The van der Waals surface area contributed by atoms with Crippen molar-refractivity contribution in [2.75, 3.05) is 4.90 Å². The Labute approximate surface area is 164 Å². The van der Waals surface area contributed by atoms with E-state index in [4.69, 9.17) is 4.74 Å². The Balaban J connectivity index is 1.70. The van der Waals surface area contributed by atoms with Gasteiger partial charge in [-0.3, -0.25) is 9.69 Å². The molecule has 0 aliphatic carbocycles. The van der Waals surface area contributed by atoms with Gasteiger partial charge >= 0.3 is 6.09 Å².